The van der Waals surface area contributed by atoms with Crippen molar-refractivity contribution in [3.63, 3.8) is 0 Å². The number of ether oxygens (including phenoxy) is 1. The van der Waals surface area contributed by atoms with Crippen LogP contribution in [0.25, 0.3) is 0 Å². The summed E-state index contributed by atoms with van der Waals surface area (Å²) in [4.78, 5) is 16.2. The molecule has 0 unspecified atom stereocenters. The second kappa shape index (κ2) is 7.39. The first kappa shape index (κ1) is 16.4. The Labute approximate surface area is 144 Å². The van der Waals surface area contributed by atoms with Crippen molar-refractivity contribution in [2.24, 2.45) is 0 Å². The number of methoxy groups -OCH3 is 1. The summed E-state index contributed by atoms with van der Waals surface area (Å²) < 4.78 is 10.2. The normalized spacial score (nSPS) is 10.3. The van der Waals surface area contributed by atoms with Gasteiger partial charge >= 0.3 is 0 Å². The number of rotatable bonds is 6. The second-order valence-electron chi connectivity index (χ2n) is 5.27. The van der Waals surface area contributed by atoms with Gasteiger partial charge in [-0.25, -0.2) is 4.98 Å². The van der Waals surface area contributed by atoms with E-state index in [1.165, 1.54) is 6.26 Å². The first-order valence-electron chi connectivity index (χ1n) is 7.64. The number of pyridine rings is 1. The third-order valence-electron chi connectivity index (χ3n) is 3.53. The van der Waals surface area contributed by atoms with Crippen molar-refractivity contribution in [2.45, 2.75) is 6.54 Å². The highest BCUT2D eigenvalue weighted by Crippen LogP contribution is 2.20. The Morgan fingerprint density at radius 3 is 2.84 bits per heavy atom. The topological polar surface area (TPSA) is 102 Å². The van der Waals surface area contributed by atoms with E-state index in [-0.39, 0.29) is 17.5 Å². The van der Waals surface area contributed by atoms with Crippen molar-refractivity contribution in [3.05, 3.63) is 66.1 Å². The molecule has 128 valence electrons. The zero-order valence-corrected chi connectivity index (χ0v) is 13.7. The van der Waals surface area contributed by atoms with Crippen molar-refractivity contribution < 1.29 is 13.9 Å². The minimum absolute atomic E-state index is 0.208. The lowest BCUT2D eigenvalue weighted by molar-refractivity contribution is 0.0996. The van der Waals surface area contributed by atoms with Crippen LogP contribution in [0.3, 0.4) is 0 Å². The zero-order chi connectivity index (χ0) is 17.6. The van der Waals surface area contributed by atoms with E-state index in [4.69, 9.17) is 14.9 Å². The maximum absolute atomic E-state index is 12.0. The molecule has 0 aliphatic carbocycles. The summed E-state index contributed by atoms with van der Waals surface area (Å²) in [6.45, 7) is 0.571. The fourth-order valence-electron chi connectivity index (χ4n) is 2.25. The van der Waals surface area contributed by atoms with E-state index >= 15 is 0 Å². The SMILES string of the molecule is COc1cccc(CNc2ccc(NC(=O)c3ccco3)c(N)n2)c1. The largest absolute Gasteiger partial charge is 0.497 e. The van der Waals surface area contributed by atoms with Gasteiger partial charge in [-0.05, 0) is 42.0 Å². The van der Waals surface area contributed by atoms with E-state index in [1.54, 1.807) is 31.4 Å². The van der Waals surface area contributed by atoms with E-state index in [0.717, 1.165) is 11.3 Å². The van der Waals surface area contributed by atoms with Crippen LogP contribution in [0, 0.1) is 0 Å². The van der Waals surface area contributed by atoms with Crippen molar-refractivity contribution >= 4 is 23.2 Å². The summed E-state index contributed by atoms with van der Waals surface area (Å²) in [5, 5.41) is 5.85. The molecule has 0 spiro atoms. The van der Waals surface area contributed by atoms with Crippen LogP contribution in [0.2, 0.25) is 0 Å². The van der Waals surface area contributed by atoms with Gasteiger partial charge in [-0.15, -0.1) is 0 Å². The molecule has 0 atom stereocenters. The molecule has 7 nitrogen and oxygen atoms in total. The Hall–Kier alpha value is -3.48. The van der Waals surface area contributed by atoms with Crippen LogP contribution in [0.1, 0.15) is 16.1 Å². The van der Waals surface area contributed by atoms with E-state index in [0.29, 0.717) is 18.1 Å². The summed E-state index contributed by atoms with van der Waals surface area (Å²) in [5.74, 6) is 1.45. The van der Waals surface area contributed by atoms with E-state index in [1.807, 2.05) is 24.3 Å². The third kappa shape index (κ3) is 4.08. The van der Waals surface area contributed by atoms with Crippen LogP contribution >= 0.6 is 0 Å². The van der Waals surface area contributed by atoms with Gasteiger partial charge in [0, 0.05) is 6.54 Å². The number of nitrogens with one attached hydrogen (secondary N) is 2. The highest BCUT2D eigenvalue weighted by atomic mass is 16.5. The minimum Gasteiger partial charge on any atom is -0.497 e. The molecule has 0 aliphatic rings. The monoisotopic (exact) mass is 338 g/mol. The highest BCUT2D eigenvalue weighted by molar-refractivity contribution is 6.03. The first-order chi connectivity index (χ1) is 12.2. The van der Waals surface area contributed by atoms with Crippen LogP contribution in [-0.4, -0.2) is 18.0 Å². The number of anilines is 3. The van der Waals surface area contributed by atoms with E-state index in [9.17, 15) is 4.79 Å². The van der Waals surface area contributed by atoms with Crippen LogP contribution in [0.15, 0.2) is 59.2 Å². The maximum atomic E-state index is 12.0. The number of carbonyl (C=O) groups excluding carboxylic acids is 1. The predicted octanol–water partition coefficient (Wildman–Crippen LogP) is 3.13. The number of hydrogen-bond donors (Lipinski definition) is 3. The number of amides is 1. The van der Waals surface area contributed by atoms with Gasteiger partial charge in [0.05, 0.1) is 19.1 Å². The lowest BCUT2D eigenvalue weighted by Crippen LogP contribution is -2.13. The number of hydrogen-bond acceptors (Lipinski definition) is 6. The van der Waals surface area contributed by atoms with Crippen molar-refractivity contribution in [1.29, 1.82) is 0 Å². The fraction of sp³-hybridized carbons (Fsp3) is 0.111. The molecule has 7 heteroatoms. The molecule has 2 heterocycles. The second-order valence-corrected chi connectivity index (χ2v) is 5.27. The lowest BCUT2D eigenvalue weighted by atomic mass is 10.2. The molecule has 3 aromatic rings. The molecule has 0 fully saturated rings. The smallest absolute Gasteiger partial charge is 0.291 e. The fourth-order valence-corrected chi connectivity index (χ4v) is 2.25. The van der Waals surface area contributed by atoms with Gasteiger partial charge in [0.1, 0.15) is 17.4 Å². The zero-order valence-electron chi connectivity index (χ0n) is 13.7. The molecule has 0 saturated heterocycles. The Morgan fingerprint density at radius 1 is 1.24 bits per heavy atom. The Bertz CT molecular complexity index is 863. The number of benzene rings is 1. The molecule has 1 aromatic carbocycles. The molecule has 25 heavy (non-hydrogen) atoms. The quantitative estimate of drug-likeness (QED) is 0.638. The number of furan rings is 1. The van der Waals surface area contributed by atoms with Crippen LogP contribution in [0.4, 0.5) is 17.3 Å². The third-order valence-corrected chi connectivity index (χ3v) is 3.53. The summed E-state index contributed by atoms with van der Waals surface area (Å²) in [5.41, 5.74) is 7.40. The number of nitrogens with zero attached hydrogens (tertiary/aromatic N) is 1. The van der Waals surface area contributed by atoms with Gasteiger partial charge in [-0.2, -0.15) is 0 Å². The molecule has 0 bridgehead atoms. The lowest BCUT2D eigenvalue weighted by Gasteiger charge is -2.10. The van der Waals surface area contributed by atoms with Crippen LogP contribution in [0.5, 0.6) is 5.75 Å². The number of nitrogen functional groups attached to an aromatic ring is 1. The van der Waals surface area contributed by atoms with Gasteiger partial charge in [0.2, 0.25) is 0 Å². The highest BCUT2D eigenvalue weighted by Gasteiger charge is 2.11. The van der Waals surface area contributed by atoms with Gasteiger partial charge in [-0.3, -0.25) is 4.79 Å². The molecule has 4 N–H and O–H groups in total. The minimum atomic E-state index is -0.379. The summed E-state index contributed by atoms with van der Waals surface area (Å²) in [6, 6.07) is 14.4. The van der Waals surface area contributed by atoms with Gasteiger partial charge in [0.25, 0.3) is 5.91 Å². The van der Waals surface area contributed by atoms with E-state index < -0.39 is 0 Å². The van der Waals surface area contributed by atoms with Crippen molar-refractivity contribution in [3.8, 4) is 5.75 Å². The molecular weight excluding hydrogens is 320 g/mol. The molecular formula is C18H18N4O3. The Balaban J connectivity index is 1.64. The van der Waals surface area contributed by atoms with Gasteiger partial charge in [0.15, 0.2) is 5.76 Å². The van der Waals surface area contributed by atoms with Crippen molar-refractivity contribution in [1.82, 2.24) is 4.98 Å². The summed E-state index contributed by atoms with van der Waals surface area (Å²) >= 11 is 0. The van der Waals surface area contributed by atoms with Crippen LogP contribution < -0.4 is 21.1 Å². The Morgan fingerprint density at radius 2 is 2.12 bits per heavy atom. The predicted molar refractivity (Wildman–Crippen MR) is 95.6 cm³/mol. The van der Waals surface area contributed by atoms with Crippen LogP contribution in [-0.2, 0) is 6.54 Å². The standard InChI is InChI=1S/C18H18N4O3/c1-24-13-5-2-4-12(10-13)11-20-16-8-7-14(17(19)22-16)21-18(23)15-6-3-9-25-15/h2-10H,11H2,1H3,(H,21,23)(H3,19,20,22). The molecule has 1 amide bonds. The van der Waals surface area contributed by atoms with Gasteiger partial charge < -0.3 is 25.5 Å². The summed E-state index contributed by atoms with van der Waals surface area (Å²) in [6.07, 6.45) is 1.43. The molecule has 3 rings (SSSR count). The average molecular weight is 338 g/mol. The molecule has 0 radical (unpaired) electrons. The van der Waals surface area contributed by atoms with Crippen molar-refractivity contribution in [2.75, 3.05) is 23.5 Å². The molecule has 0 aliphatic heterocycles. The molecule has 2 aromatic heterocycles. The van der Waals surface area contributed by atoms with Gasteiger partial charge in [-0.1, -0.05) is 12.1 Å². The van der Waals surface area contributed by atoms with E-state index in [2.05, 4.69) is 15.6 Å². The number of carbonyl (C=O) groups is 1. The Kier molecular flexibility index (Phi) is 4.84. The summed E-state index contributed by atoms with van der Waals surface area (Å²) in [7, 11) is 1.63. The number of aromatic nitrogens is 1. The first-order valence-corrected chi connectivity index (χ1v) is 7.64. The number of nitrogens with two attached hydrogens (primary N) is 1. The maximum Gasteiger partial charge on any atom is 0.291 e. The molecule has 0 saturated carbocycles. The average Bonchev–Trinajstić information content (AvgIpc) is 3.17.